The molecular formula is C23H23Cl2NO6. The molecule has 2 heterocycles. The molecule has 0 amide bonds. The second-order valence-corrected chi connectivity index (χ2v) is 8.83. The van der Waals surface area contributed by atoms with Crippen LogP contribution in [0.15, 0.2) is 33.5 Å². The summed E-state index contributed by atoms with van der Waals surface area (Å²) in [6.45, 7) is 2.59. The Morgan fingerprint density at radius 3 is 2.53 bits per heavy atom. The highest BCUT2D eigenvalue weighted by atomic mass is 35.5. The molecule has 32 heavy (non-hydrogen) atoms. The lowest BCUT2D eigenvalue weighted by molar-refractivity contribution is 0.178. The zero-order chi connectivity index (χ0) is 23.2. The van der Waals surface area contributed by atoms with Crippen LogP contribution in [0.3, 0.4) is 0 Å². The number of aliphatic hydroxyl groups excluding tert-OH is 2. The summed E-state index contributed by atoms with van der Waals surface area (Å²) in [5.41, 5.74) is -0.210. The van der Waals surface area contributed by atoms with Crippen molar-refractivity contribution in [2.24, 2.45) is 5.92 Å². The van der Waals surface area contributed by atoms with Gasteiger partial charge in [0.1, 0.15) is 34.3 Å². The number of phenolic OH excluding ortho intramolecular Hbond substituents is 2. The van der Waals surface area contributed by atoms with E-state index in [9.17, 15) is 25.2 Å². The second kappa shape index (κ2) is 8.92. The molecule has 0 radical (unpaired) electrons. The van der Waals surface area contributed by atoms with Crippen LogP contribution in [-0.4, -0.2) is 40.1 Å². The monoisotopic (exact) mass is 479 g/mol. The van der Waals surface area contributed by atoms with Crippen molar-refractivity contribution in [1.29, 1.82) is 0 Å². The fourth-order valence-corrected chi connectivity index (χ4v) is 5.17. The molecule has 3 aromatic rings. The topological polar surface area (TPSA) is 123 Å². The first-order valence-electron chi connectivity index (χ1n) is 10.2. The zero-order valence-corrected chi connectivity index (χ0v) is 18.7. The Bertz CT molecular complexity index is 1220. The highest BCUT2D eigenvalue weighted by Gasteiger charge is 2.33. The molecule has 0 aliphatic carbocycles. The lowest BCUT2D eigenvalue weighted by atomic mass is 9.80. The molecule has 3 atom stereocenters. The third-order valence-electron chi connectivity index (χ3n) is 6.14. The minimum absolute atomic E-state index is 0.0385. The molecule has 0 saturated carbocycles. The maximum Gasteiger partial charge on any atom is 0.202 e. The Morgan fingerprint density at radius 1 is 1.19 bits per heavy atom. The minimum atomic E-state index is -1.49. The average molecular weight is 480 g/mol. The summed E-state index contributed by atoms with van der Waals surface area (Å²) in [5.74, 6) is -1.08. The molecule has 7 nitrogen and oxygen atoms in total. The Morgan fingerprint density at radius 2 is 1.88 bits per heavy atom. The molecule has 1 aliphatic heterocycles. The number of hydrogen-bond donors (Lipinski definition) is 5. The molecule has 5 N–H and O–H groups in total. The van der Waals surface area contributed by atoms with Gasteiger partial charge in [0.05, 0.1) is 5.56 Å². The number of piperidine rings is 1. The van der Waals surface area contributed by atoms with Crippen LogP contribution in [0, 0.1) is 12.8 Å². The van der Waals surface area contributed by atoms with Crippen molar-refractivity contribution in [1.82, 2.24) is 5.32 Å². The molecule has 2 aromatic carbocycles. The molecule has 1 saturated heterocycles. The largest absolute Gasteiger partial charge is 0.507 e. The van der Waals surface area contributed by atoms with E-state index in [1.807, 2.05) is 0 Å². The predicted molar refractivity (Wildman–Crippen MR) is 122 cm³/mol. The van der Waals surface area contributed by atoms with Crippen LogP contribution in [-0.2, 0) is 0 Å². The summed E-state index contributed by atoms with van der Waals surface area (Å²) in [6.07, 6.45) is -0.890. The van der Waals surface area contributed by atoms with Crippen molar-refractivity contribution < 1.29 is 24.8 Å². The molecule has 170 valence electrons. The lowest BCUT2D eigenvalue weighted by Gasteiger charge is -2.32. The van der Waals surface area contributed by atoms with E-state index in [2.05, 4.69) is 5.32 Å². The number of rotatable bonds is 4. The molecule has 3 unspecified atom stereocenters. The average Bonchev–Trinajstić information content (AvgIpc) is 2.73. The van der Waals surface area contributed by atoms with Crippen molar-refractivity contribution in [3.63, 3.8) is 0 Å². The Hall–Kier alpha value is -2.29. The van der Waals surface area contributed by atoms with Crippen molar-refractivity contribution in [3.8, 4) is 11.5 Å². The molecule has 1 aromatic heterocycles. The first-order chi connectivity index (χ1) is 15.3. The van der Waals surface area contributed by atoms with E-state index in [1.165, 1.54) is 6.92 Å². The quantitative estimate of drug-likeness (QED) is 0.387. The summed E-state index contributed by atoms with van der Waals surface area (Å²) < 4.78 is 5.97. The van der Waals surface area contributed by atoms with Gasteiger partial charge < -0.3 is 30.2 Å². The standard InChI is InChI=1S/C23H23Cl2NO6/c1-10-17(21(30)19-13(24)3-2-4-14(19)25)22(31)20-16(29)7-15(28)18(23(20)32-10)12-5-6-26-8-11(12)9-27/h2-4,7,11-12,21,26-30H,5-6,8-9H2,1H3. The molecule has 0 bridgehead atoms. The molecule has 1 fully saturated rings. The highest BCUT2D eigenvalue weighted by Crippen LogP contribution is 2.44. The van der Waals surface area contributed by atoms with Crippen LogP contribution in [0.5, 0.6) is 11.5 Å². The summed E-state index contributed by atoms with van der Waals surface area (Å²) in [6, 6.07) is 5.81. The first kappa shape index (κ1) is 22.9. The summed E-state index contributed by atoms with van der Waals surface area (Å²) in [5, 5.41) is 45.4. The van der Waals surface area contributed by atoms with Crippen molar-refractivity contribution >= 4 is 34.2 Å². The van der Waals surface area contributed by atoms with Gasteiger partial charge in [-0.05, 0) is 37.9 Å². The number of fused-ring (bicyclic) bond motifs is 1. The molecule has 9 heteroatoms. The van der Waals surface area contributed by atoms with Crippen LogP contribution >= 0.6 is 23.2 Å². The van der Waals surface area contributed by atoms with Gasteiger partial charge in [-0.15, -0.1) is 0 Å². The predicted octanol–water partition coefficient (Wildman–Crippen LogP) is 3.59. The van der Waals surface area contributed by atoms with Crippen LogP contribution < -0.4 is 10.7 Å². The summed E-state index contributed by atoms with van der Waals surface area (Å²) >= 11 is 12.4. The van der Waals surface area contributed by atoms with E-state index in [0.717, 1.165) is 6.07 Å². The highest BCUT2D eigenvalue weighted by molar-refractivity contribution is 6.36. The van der Waals surface area contributed by atoms with Crippen LogP contribution in [0.1, 0.15) is 40.9 Å². The van der Waals surface area contributed by atoms with Gasteiger partial charge in [0.25, 0.3) is 0 Å². The number of hydrogen-bond acceptors (Lipinski definition) is 7. The summed E-state index contributed by atoms with van der Waals surface area (Å²) in [7, 11) is 0. The maximum absolute atomic E-state index is 13.5. The molecule has 4 rings (SSSR count). The number of aliphatic hydroxyl groups is 2. The number of phenols is 2. The van der Waals surface area contributed by atoms with E-state index < -0.39 is 17.3 Å². The van der Waals surface area contributed by atoms with Crippen LogP contribution in [0.25, 0.3) is 11.0 Å². The van der Waals surface area contributed by atoms with E-state index >= 15 is 0 Å². The summed E-state index contributed by atoms with van der Waals surface area (Å²) in [4.78, 5) is 13.5. The minimum Gasteiger partial charge on any atom is -0.507 e. The van der Waals surface area contributed by atoms with Crippen molar-refractivity contribution in [2.45, 2.75) is 25.4 Å². The van der Waals surface area contributed by atoms with E-state index in [4.69, 9.17) is 27.6 Å². The van der Waals surface area contributed by atoms with Crippen LogP contribution in [0.4, 0.5) is 0 Å². The second-order valence-electron chi connectivity index (χ2n) is 8.01. The third-order valence-corrected chi connectivity index (χ3v) is 6.80. The fraction of sp³-hybridized carbons (Fsp3) is 0.348. The third kappa shape index (κ3) is 3.74. The SMILES string of the molecule is Cc1oc2c(C3CCNCC3CO)c(O)cc(O)c2c(=O)c1C(O)c1c(Cl)cccc1Cl. The van der Waals surface area contributed by atoms with E-state index in [0.29, 0.717) is 25.1 Å². The van der Waals surface area contributed by atoms with Gasteiger partial charge in [0, 0.05) is 46.3 Å². The van der Waals surface area contributed by atoms with Gasteiger partial charge in [-0.25, -0.2) is 0 Å². The van der Waals surface area contributed by atoms with Gasteiger partial charge in [-0.2, -0.15) is 0 Å². The smallest absolute Gasteiger partial charge is 0.202 e. The van der Waals surface area contributed by atoms with Crippen molar-refractivity contribution in [2.75, 3.05) is 19.7 Å². The van der Waals surface area contributed by atoms with Crippen LogP contribution in [0.2, 0.25) is 10.0 Å². The number of benzene rings is 2. The van der Waals surface area contributed by atoms with E-state index in [-0.39, 0.29) is 62.1 Å². The Kier molecular flexibility index (Phi) is 6.38. The van der Waals surface area contributed by atoms with Crippen molar-refractivity contribution in [3.05, 3.63) is 67.0 Å². The van der Waals surface area contributed by atoms with Gasteiger partial charge in [0.2, 0.25) is 5.43 Å². The molecular weight excluding hydrogens is 457 g/mol. The van der Waals surface area contributed by atoms with E-state index in [1.54, 1.807) is 18.2 Å². The number of halogens is 2. The molecule has 0 spiro atoms. The normalized spacial score (nSPS) is 19.9. The Balaban J connectivity index is 1.98. The lowest BCUT2D eigenvalue weighted by Crippen LogP contribution is -2.37. The molecule has 1 aliphatic rings. The number of aromatic hydroxyl groups is 2. The maximum atomic E-state index is 13.5. The van der Waals surface area contributed by atoms with Gasteiger partial charge in [0.15, 0.2) is 0 Å². The van der Waals surface area contributed by atoms with Gasteiger partial charge >= 0.3 is 0 Å². The fourth-order valence-electron chi connectivity index (χ4n) is 4.56. The number of aryl methyl sites for hydroxylation is 1. The van der Waals surface area contributed by atoms with Gasteiger partial charge in [-0.3, -0.25) is 4.79 Å². The zero-order valence-electron chi connectivity index (χ0n) is 17.2. The number of nitrogens with one attached hydrogen (secondary N) is 1. The first-order valence-corrected chi connectivity index (χ1v) is 11.0. The van der Waals surface area contributed by atoms with Gasteiger partial charge in [-0.1, -0.05) is 29.3 Å². The Labute approximate surface area is 193 Å².